The van der Waals surface area contributed by atoms with Gasteiger partial charge in [-0.05, 0) is 32.8 Å². The van der Waals surface area contributed by atoms with E-state index in [9.17, 15) is 29.6 Å². The minimum absolute atomic E-state index is 0.000120. The van der Waals surface area contributed by atoms with Crippen LogP contribution in [0.15, 0.2) is 17.1 Å². The largest absolute Gasteiger partial charge is 0.388 e. The van der Waals surface area contributed by atoms with E-state index in [1.807, 2.05) is 0 Å². The van der Waals surface area contributed by atoms with Crippen LogP contribution in [0.1, 0.15) is 53.2 Å². The molecule has 1 saturated heterocycles. The first-order valence-corrected chi connectivity index (χ1v) is 12.0. The monoisotopic (exact) mass is 474 g/mol. The number of rotatable bonds is 8. The molecule has 12 nitrogen and oxygen atoms in total. The van der Waals surface area contributed by atoms with Crippen molar-refractivity contribution in [1.29, 1.82) is 0 Å². The summed E-state index contributed by atoms with van der Waals surface area (Å²) in [4.78, 5) is 28.9. The molecular weight excluding hydrogens is 443 g/mol. The van der Waals surface area contributed by atoms with Crippen LogP contribution in [0, 0.1) is 0 Å². The zero-order chi connectivity index (χ0) is 24.1. The summed E-state index contributed by atoms with van der Waals surface area (Å²) in [5.41, 5.74) is 4.10. The Kier molecular flexibility index (Phi) is 6.62. The van der Waals surface area contributed by atoms with E-state index in [2.05, 4.69) is 9.97 Å². The summed E-state index contributed by atoms with van der Waals surface area (Å²) in [6.07, 6.45) is -3.06. The van der Waals surface area contributed by atoms with Crippen molar-refractivity contribution >= 4 is 24.6 Å². The van der Waals surface area contributed by atoms with Gasteiger partial charge in [-0.15, -0.1) is 0 Å². The molecule has 2 aromatic rings. The average molecular weight is 474 g/mol. The predicted octanol–water partition coefficient (Wildman–Crippen LogP) is 0.805. The zero-order valence-electron chi connectivity index (χ0n) is 18.4. The third kappa shape index (κ3) is 4.36. The summed E-state index contributed by atoms with van der Waals surface area (Å²) in [5.74, 6) is -0.110. The van der Waals surface area contributed by atoms with Gasteiger partial charge >= 0.3 is 7.60 Å². The van der Waals surface area contributed by atoms with Crippen LogP contribution < -0.4 is 11.3 Å². The minimum Gasteiger partial charge on any atom is -0.388 e. The molecule has 2 aromatic heterocycles. The van der Waals surface area contributed by atoms with Gasteiger partial charge in [0.15, 0.2) is 17.2 Å². The Balaban J connectivity index is 1.86. The van der Waals surface area contributed by atoms with Gasteiger partial charge in [0.05, 0.1) is 17.1 Å². The van der Waals surface area contributed by atoms with E-state index >= 15 is 0 Å². The molecule has 0 aromatic carbocycles. The number of nitrogen functional groups attached to an aromatic ring is 1. The number of hydrogen-bond acceptors (Lipinski definition) is 9. The summed E-state index contributed by atoms with van der Waals surface area (Å²) < 4.78 is 25.5. The summed E-state index contributed by atoms with van der Waals surface area (Å²) in [5, 5.41) is 29.8. The van der Waals surface area contributed by atoms with Crippen molar-refractivity contribution in [1.82, 2.24) is 14.5 Å². The number of nitrogens with two attached hydrogens (primary N) is 1. The first-order valence-electron chi connectivity index (χ1n) is 10.4. The van der Waals surface area contributed by atoms with Crippen molar-refractivity contribution in [3.63, 3.8) is 0 Å². The molecule has 1 aliphatic heterocycles. The number of anilines is 1. The third-order valence-electron chi connectivity index (χ3n) is 6.21. The molecule has 0 amide bonds. The third-order valence-corrected chi connectivity index (χ3v) is 8.44. The number of fused-ring (bicyclic) bond motifs is 1. The fourth-order valence-corrected chi connectivity index (χ4v) is 5.06. The number of aliphatic hydroxyl groups is 3. The predicted molar refractivity (Wildman–Crippen MR) is 116 cm³/mol. The lowest BCUT2D eigenvalue weighted by atomic mass is 9.93. The highest BCUT2D eigenvalue weighted by Crippen LogP contribution is 2.59. The second-order valence-electron chi connectivity index (χ2n) is 8.65. The molecule has 7 N–H and O–H groups in total. The second kappa shape index (κ2) is 8.53. The molecular formula is C19H31N4O8P. The van der Waals surface area contributed by atoms with Gasteiger partial charge in [-0.3, -0.25) is 14.3 Å². The van der Waals surface area contributed by atoms with Gasteiger partial charge in [0.2, 0.25) is 5.95 Å². The summed E-state index contributed by atoms with van der Waals surface area (Å²) in [6, 6.07) is 1.49. The zero-order valence-corrected chi connectivity index (χ0v) is 19.3. The summed E-state index contributed by atoms with van der Waals surface area (Å²) in [6.45, 7) is 6.09. The van der Waals surface area contributed by atoms with Gasteiger partial charge in [-0.1, -0.05) is 13.8 Å². The van der Waals surface area contributed by atoms with Crippen molar-refractivity contribution in [3.05, 3.63) is 22.6 Å². The molecule has 0 saturated carbocycles. The van der Waals surface area contributed by atoms with Crippen molar-refractivity contribution < 1.29 is 34.0 Å². The Morgan fingerprint density at radius 3 is 2.56 bits per heavy atom. The van der Waals surface area contributed by atoms with Crippen LogP contribution in [0.25, 0.3) is 11.0 Å². The maximum absolute atomic E-state index is 12.7. The highest BCUT2D eigenvalue weighted by atomic mass is 31.2. The van der Waals surface area contributed by atoms with Crippen LogP contribution >= 0.6 is 7.60 Å². The fourth-order valence-electron chi connectivity index (χ4n) is 3.66. The molecule has 7 atom stereocenters. The van der Waals surface area contributed by atoms with Crippen LogP contribution in [0.5, 0.6) is 0 Å². The SMILES string of the molecule is CCC(C)(CC1O[C@@H](n2ccc3c(=O)[nH]c(N)nc32)[C@H](O)[C@@H]1O)OP(=O)(O)C(C)(O)CC. The minimum atomic E-state index is -4.44. The maximum atomic E-state index is 12.7. The lowest BCUT2D eigenvalue weighted by molar-refractivity contribution is -0.0688. The number of aromatic amines is 1. The van der Waals surface area contributed by atoms with E-state index < -0.39 is 48.6 Å². The molecule has 3 rings (SSSR count). The topological polar surface area (TPSA) is 193 Å². The Hall–Kier alpha value is -1.79. The molecule has 1 aliphatic rings. The molecule has 180 valence electrons. The maximum Gasteiger partial charge on any atom is 0.359 e. The quantitative estimate of drug-likeness (QED) is 0.298. The van der Waals surface area contributed by atoms with E-state index in [1.165, 1.54) is 23.8 Å². The fraction of sp³-hybridized carbons (Fsp3) is 0.684. The number of nitrogens with one attached hydrogen (secondary N) is 1. The Labute approximate surface area is 184 Å². The summed E-state index contributed by atoms with van der Waals surface area (Å²) >= 11 is 0. The molecule has 32 heavy (non-hydrogen) atoms. The average Bonchev–Trinajstić information content (AvgIpc) is 3.23. The number of aromatic nitrogens is 3. The van der Waals surface area contributed by atoms with Crippen LogP contribution in [0.4, 0.5) is 5.95 Å². The molecule has 0 spiro atoms. The van der Waals surface area contributed by atoms with Crippen molar-refractivity contribution in [3.8, 4) is 0 Å². The number of aliphatic hydroxyl groups excluding tert-OH is 2. The highest BCUT2D eigenvalue weighted by molar-refractivity contribution is 7.54. The van der Waals surface area contributed by atoms with E-state index in [0.717, 1.165) is 0 Å². The van der Waals surface area contributed by atoms with Gasteiger partial charge in [0.1, 0.15) is 12.2 Å². The number of H-pyrrole nitrogens is 1. The van der Waals surface area contributed by atoms with Gasteiger partial charge < -0.3 is 39.8 Å². The molecule has 1 fully saturated rings. The van der Waals surface area contributed by atoms with Crippen LogP contribution in [0.2, 0.25) is 0 Å². The van der Waals surface area contributed by atoms with Crippen LogP contribution in [-0.2, 0) is 13.8 Å². The lowest BCUT2D eigenvalue weighted by Crippen LogP contribution is -2.40. The normalized spacial score (nSPS) is 29.5. The Bertz CT molecular complexity index is 1080. The first-order chi connectivity index (χ1) is 14.7. The Morgan fingerprint density at radius 1 is 1.31 bits per heavy atom. The van der Waals surface area contributed by atoms with E-state index in [-0.39, 0.29) is 36.2 Å². The highest BCUT2D eigenvalue weighted by Gasteiger charge is 2.50. The lowest BCUT2D eigenvalue weighted by Gasteiger charge is -2.37. The van der Waals surface area contributed by atoms with Gasteiger partial charge in [-0.25, -0.2) is 0 Å². The molecule has 0 radical (unpaired) electrons. The Morgan fingerprint density at radius 2 is 1.97 bits per heavy atom. The van der Waals surface area contributed by atoms with Crippen LogP contribution in [-0.4, -0.2) is 64.0 Å². The number of nitrogens with zero attached hydrogens (tertiary/aromatic N) is 2. The van der Waals surface area contributed by atoms with Crippen molar-refractivity contribution in [2.24, 2.45) is 0 Å². The van der Waals surface area contributed by atoms with Gasteiger partial charge in [0, 0.05) is 12.6 Å². The number of hydrogen-bond donors (Lipinski definition) is 6. The number of ether oxygens (including phenoxy) is 1. The van der Waals surface area contributed by atoms with Crippen LogP contribution in [0.3, 0.4) is 0 Å². The van der Waals surface area contributed by atoms with E-state index in [1.54, 1.807) is 20.8 Å². The summed E-state index contributed by atoms with van der Waals surface area (Å²) in [7, 11) is -4.44. The van der Waals surface area contributed by atoms with Crippen molar-refractivity contribution in [2.75, 3.05) is 5.73 Å². The standard InChI is InChI=1S/C19H31N4O8P/c1-5-18(3,31-32(28,29)19(4,27)6-2)9-11-12(24)13(25)16(30-11)23-8-7-10-14(23)21-17(20)22-15(10)26/h7-8,11-13,16,24-25,27H,5-6,9H2,1-4H3,(H,28,29)(H3,20,21,22,26)/t11?,12-,13-,16-,18?,19?/m1/s1. The second-order valence-corrected chi connectivity index (χ2v) is 10.8. The molecule has 13 heteroatoms. The molecule has 4 unspecified atom stereocenters. The van der Waals surface area contributed by atoms with E-state index in [4.69, 9.17) is 15.0 Å². The molecule has 0 aliphatic carbocycles. The van der Waals surface area contributed by atoms with Gasteiger partial charge in [-0.2, -0.15) is 4.98 Å². The smallest absolute Gasteiger partial charge is 0.359 e. The van der Waals surface area contributed by atoms with Crippen molar-refractivity contribution in [2.45, 2.75) is 82.4 Å². The van der Waals surface area contributed by atoms with E-state index in [0.29, 0.717) is 0 Å². The van der Waals surface area contributed by atoms with Gasteiger partial charge in [0.25, 0.3) is 5.56 Å². The molecule has 0 bridgehead atoms. The first kappa shape index (κ1) is 24.8. The molecule has 3 heterocycles.